The van der Waals surface area contributed by atoms with Crippen LogP contribution >= 0.6 is 0 Å². The molecule has 4 aliphatic heterocycles. The number of para-hydroxylation sites is 2. The summed E-state index contributed by atoms with van der Waals surface area (Å²) in [6.07, 6.45) is 20.3. The SMILES string of the molecule is CC(C)(C)N1CCc2c(c3ccccc3n2CCc2cccnc2)C1.CN1CCc2c(c3ccccc3n2CCc2cccnc2)C1.Cc1ccc2c(c1)c1c(n2CCc2ccccc2)CCN(C)C1.Cc1ccc2c(c1)c1c(n2CCc2cccnc2)CCN(C)C1. The molecule has 0 atom stereocenters. The second-order valence-corrected chi connectivity index (χ2v) is 27.8. The normalized spacial score (nSPS) is 15.2. The third kappa shape index (κ3) is 14.2. The number of nitrogens with zero attached hydrogens (tertiary/aromatic N) is 11. The predicted octanol–water partition coefficient (Wildman–Crippen LogP) is 15.5. The Labute approximate surface area is 552 Å². The lowest BCUT2D eigenvalue weighted by molar-refractivity contribution is 0.120. The molecule has 11 heterocycles. The summed E-state index contributed by atoms with van der Waals surface area (Å²) in [5.74, 6) is 0. The molecule has 5 aromatic carbocycles. The Bertz CT molecular complexity index is 4330. The molecular weight excluding hydrogens is 1140 g/mol. The van der Waals surface area contributed by atoms with Crippen molar-refractivity contribution >= 4 is 43.6 Å². The van der Waals surface area contributed by atoms with Crippen LogP contribution in [0.25, 0.3) is 43.6 Å². The Kier molecular flexibility index (Phi) is 19.3. The molecule has 478 valence electrons. The Morgan fingerprint density at radius 1 is 0.344 bits per heavy atom. The molecular formula is C82H95N11. The minimum atomic E-state index is 0.219. The fourth-order valence-corrected chi connectivity index (χ4v) is 15.2. The summed E-state index contributed by atoms with van der Waals surface area (Å²) >= 11 is 0. The van der Waals surface area contributed by atoms with Gasteiger partial charge in [-0.25, -0.2) is 0 Å². The van der Waals surface area contributed by atoms with Crippen molar-refractivity contribution in [2.24, 2.45) is 0 Å². The molecule has 0 unspecified atom stereocenters. The molecule has 0 amide bonds. The molecule has 0 bridgehead atoms. The molecule has 0 N–H and O–H groups in total. The number of likely N-dealkylation sites (N-methyl/N-ethyl adjacent to an activating group) is 3. The molecule has 93 heavy (non-hydrogen) atoms. The van der Waals surface area contributed by atoms with Crippen LogP contribution in [0.5, 0.6) is 0 Å². The van der Waals surface area contributed by atoms with Gasteiger partial charge >= 0.3 is 0 Å². The number of fused-ring (bicyclic) bond motifs is 12. The maximum atomic E-state index is 4.26. The molecule has 0 saturated carbocycles. The fraction of sp³-hybridized carbons (Fsp3) is 0.354. The van der Waals surface area contributed by atoms with E-state index in [1.807, 2.05) is 55.4 Å². The van der Waals surface area contributed by atoms with Gasteiger partial charge in [0.25, 0.3) is 0 Å². The monoisotopic (exact) mass is 1230 g/mol. The van der Waals surface area contributed by atoms with Crippen LogP contribution in [-0.2, 0) is 104 Å². The molecule has 11 nitrogen and oxygen atoms in total. The van der Waals surface area contributed by atoms with E-state index in [0.717, 1.165) is 130 Å². The molecule has 0 spiro atoms. The van der Waals surface area contributed by atoms with Gasteiger partial charge in [-0.15, -0.1) is 0 Å². The first-order chi connectivity index (χ1) is 45.3. The zero-order valence-corrected chi connectivity index (χ0v) is 56.5. The Morgan fingerprint density at radius 2 is 0.677 bits per heavy atom. The highest BCUT2D eigenvalue weighted by Gasteiger charge is 2.30. The van der Waals surface area contributed by atoms with Crippen LogP contribution in [0.3, 0.4) is 0 Å². The molecule has 12 aromatic rings. The van der Waals surface area contributed by atoms with Crippen LogP contribution in [0, 0.1) is 13.8 Å². The van der Waals surface area contributed by atoms with Gasteiger partial charge in [0.05, 0.1) is 0 Å². The van der Waals surface area contributed by atoms with Gasteiger partial charge in [0.15, 0.2) is 0 Å². The van der Waals surface area contributed by atoms with Crippen LogP contribution < -0.4 is 0 Å². The second kappa shape index (κ2) is 28.4. The number of benzene rings is 5. The lowest BCUT2D eigenvalue weighted by Crippen LogP contribution is -2.44. The van der Waals surface area contributed by atoms with Crippen LogP contribution in [0.15, 0.2) is 189 Å². The van der Waals surface area contributed by atoms with E-state index in [4.69, 9.17) is 0 Å². The molecule has 4 aliphatic rings. The summed E-state index contributed by atoms with van der Waals surface area (Å²) in [4.78, 5) is 22.6. The van der Waals surface area contributed by atoms with Gasteiger partial charge in [-0.05, 0) is 181 Å². The number of aryl methyl sites for hydroxylation is 10. The van der Waals surface area contributed by atoms with Gasteiger partial charge < -0.3 is 33.0 Å². The van der Waals surface area contributed by atoms with Crippen molar-refractivity contribution in [3.63, 3.8) is 0 Å². The molecule has 0 aliphatic carbocycles. The number of pyridine rings is 3. The standard InChI is InChI=1S/C22H27N3.C21H24N2.C20H23N3.C19H21N3/c1-22(2,3)24-13-11-21-19(16-24)18-8-4-5-9-20(18)25(21)14-10-17-7-6-12-23-15-17;1-16-8-9-20-18(14-16)19-15-22(2)12-11-21(19)23(20)13-10-17-6-4-3-5-7-17;1-15-5-6-19-17(12-15)18-14-22(2)10-8-20(18)23(19)11-7-16-4-3-9-21-13-16;1-21-11-9-19-17(14-21)16-6-2-3-7-18(16)22(19)12-8-15-5-4-10-20-13-15/h4-9,12,15H,10-11,13-14,16H2,1-3H3;3-9,14H,10-13,15H2,1-2H3;3-6,9,12-13H,7-8,10-11,14H2,1-2H3;2-7,10,13H,8-9,11-12,14H2,1H3. The van der Waals surface area contributed by atoms with Crippen molar-refractivity contribution in [3.05, 3.63) is 267 Å². The number of rotatable bonds is 12. The molecule has 0 radical (unpaired) electrons. The van der Waals surface area contributed by atoms with Crippen LogP contribution in [0.4, 0.5) is 0 Å². The Hall–Kier alpha value is -8.45. The third-order valence-electron chi connectivity index (χ3n) is 20.2. The first-order valence-electron chi connectivity index (χ1n) is 34.2. The molecule has 16 rings (SSSR count). The van der Waals surface area contributed by atoms with E-state index in [2.05, 4.69) is 242 Å². The van der Waals surface area contributed by atoms with E-state index in [9.17, 15) is 0 Å². The summed E-state index contributed by atoms with van der Waals surface area (Å²) in [5.41, 5.74) is 26.1. The van der Waals surface area contributed by atoms with Crippen molar-refractivity contribution in [1.82, 2.24) is 52.8 Å². The summed E-state index contributed by atoms with van der Waals surface area (Å²) in [5, 5.41) is 5.75. The highest BCUT2D eigenvalue weighted by atomic mass is 15.2. The minimum absolute atomic E-state index is 0.219. The quantitative estimate of drug-likeness (QED) is 0.121. The van der Waals surface area contributed by atoms with Gasteiger partial charge in [0.1, 0.15) is 0 Å². The maximum absolute atomic E-state index is 4.26. The fourth-order valence-electron chi connectivity index (χ4n) is 15.2. The van der Waals surface area contributed by atoms with Crippen molar-refractivity contribution in [3.8, 4) is 0 Å². The van der Waals surface area contributed by atoms with E-state index >= 15 is 0 Å². The summed E-state index contributed by atoms with van der Waals surface area (Å²) < 4.78 is 10.2. The summed E-state index contributed by atoms with van der Waals surface area (Å²) in [7, 11) is 6.66. The topological polar surface area (TPSA) is 71.4 Å². The van der Waals surface area contributed by atoms with Gasteiger partial charge in [-0.1, -0.05) is 108 Å². The van der Waals surface area contributed by atoms with Crippen molar-refractivity contribution < 1.29 is 0 Å². The maximum Gasteiger partial charge on any atom is 0.0486 e. The van der Waals surface area contributed by atoms with Gasteiger partial charge in [0.2, 0.25) is 0 Å². The Balaban J connectivity index is 0.000000113. The molecule has 7 aromatic heterocycles. The molecule has 11 heteroatoms. The van der Waals surface area contributed by atoms with Gasteiger partial charge in [-0.3, -0.25) is 19.9 Å². The number of hydrogen-bond donors (Lipinski definition) is 0. The van der Waals surface area contributed by atoms with Crippen molar-refractivity contribution in [2.75, 3.05) is 47.3 Å². The lowest BCUT2D eigenvalue weighted by Gasteiger charge is -2.38. The molecule has 0 fully saturated rings. The summed E-state index contributed by atoms with van der Waals surface area (Å²) in [6.45, 7) is 24.4. The molecule has 0 saturated heterocycles. The average Bonchev–Trinajstić information content (AvgIpc) is 1.65. The van der Waals surface area contributed by atoms with Crippen LogP contribution in [-0.4, -0.2) is 106 Å². The Morgan fingerprint density at radius 3 is 1.06 bits per heavy atom. The smallest absolute Gasteiger partial charge is 0.0486 e. The van der Waals surface area contributed by atoms with Crippen molar-refractivity contribution in [2.45, 2.75) is 144 Å². The van der Waals surface area contributed by atoms with Crippen LogP contribution in [0.2, 0.25) is 0 Å². The van der Waals surface area contributed by atoms with Crippen LogP contribution in [0.1, 0.15) is 99.2 Å². The highest BCUT2D eigenvalue weighted by molar-refractivity contribution is 5.89. The number of hydrogen-bond acceptors (Lipinski definition) is 7. The van der Waals surface area contributed by atoms with E-state index in [1.54, 1.807) is 11.3 Å². The first kappa shape index (κ1) is 63.3. The van der Waals surface area contributed by atoms with E-state index in [1.165, 1.54) is 111 Å². The average molecular weight is 1230 g/mol. The van der Waals surface area contributed by atoms with E-state index in [-0.39, 0.29) is 5.54 Å². The van der Waals surface area contributed by atoms with Crippen molar-refractivity contribution in [1.29, 1.82) is 0 Å². The van der Waals surface area contributed by atoms with Gasteiger partial charge in [-0.2, -0.15) is 0 Å². The van der Waals surface area contributed by atoms with E-state index < -0.39 is 0 Å². The highest BCUT2D eigenvalue weighted by Crippen LogP contribution is 2.37. The first-order valence-corrected chi connectivity index (χ1v) is 34.2. The minimum Gasteiger partial charge on any atom is -0.344 e. The largest absolute Gasteiger partial charge is 0.344 e. The second-order valence-electron chi connectivity index (χ2n) is 27.8. The predicted molar refractivity (Wildman–Crippen MR) is 385 cm³/mol. The van der Waals surface area contributed by atoms with E-state index in [0.29, 0.717) is 0 Å². The lowest BCUT2D eigenvalue weighted by atomic mass is 9.98. The zero-order valence-electron chi connectivity index (χ0n) is 56.5. The summed E-state index contributed by atoms with van der Waals surface area (Å²) in [6, 6.07) is 55.0. The number of aromatic nitrogens is 7. The zero-order chi connectivity index (χ0) is 64.0. The third-order valence-corrected chi connectivity index (χ3v) is 20.2. The van der Waals surface area contributed by atoms with Gasteiger partial charge in [0, 0.05) is 213 Å².